The third-order valence-corrected chi connectivity index (χ3v) is 6.15. The van der Waals surface area contributed by atoms with Gasteiger partial charge in [0.2, 0.25) is 0 Å². The molecule has 0 bridgehead atoms. The van der Waals surface area contributed by atoms with Crippen molar-refractivity contribution >= 4 is 40.9 Å². The van der Waals surface area contributed by atoms with E-state index >= 15 is 0 Å². The van der Waals surface area contributed by atoms with Gasteiger partial charge >= 0.3 is 12.1 Å². The van der Waals surface area contributed by atoms with Crippen molar-refractivity contribution in [3.8, 4) is 0 Å². The molecule has 9 heteroatoms. The van der Waals surface area contributed by atoms with Gasteiger partial charge in [-0.1, -0.05) is 42.5 Å². The molecular formula is C24H25N3O5S. The van der Waals surface area contributed by atoms with Gasteiger partial charge in [-0.3, -0.25) is 14.5 Å². The second-order valence-corrected chi connectivity index (χ2v) is 8.53. The average molecular weight is 468 g/mol. The molecule has 2 N–H and O–H groups in total. The third-order valence-electron chi connectivity index (χ3n) is 5.91. The number of piperidine rings is 1. The highest BCUT2D eigenvalue weighted by Gasteiger charge is 2.40. The molecule has 172 valence electrons. The highest BCUT2D eigenvalue weighted by Crippen LogP contribution is 2.25. The van der Waals surface area contributed by atoms with Gasteiger partial charge in [0.1, 0.15) is 11.6 Å². The number of nitrogens with zero attached hydrogens (tertiary/aromatic N) is 2. The number of thiocarbonyl (C=S) groups is 1. The van der Waals surface area contributed by atoms with Crippen molar-refractivity contribution in [1.82, 2.24) is 4.90 Å². The van der Waals surface area contributed by atoms with Crippen molar-refractivity contribution in [3.63, 3.8) is 0 Å². The highest BCUT2D eigenvalue weighted by atomic mass is 32.1. The van der Waals surface area contributed by atoms with Crippen molar-refractivity contribution in [2.45, 2.75) is 25.6 Å². The molecular weight excluding hydrogens is 442 g/mol. The molecule has 8 nitrogen and oxygen atoms in total. The number of likely N-dealkylation sites (tertiary alicyclic amines) is 1. The lowest BCUT2D eigenvalue weighted by molar-refractivity contribution is -0.153. The summed E-state index contributed by atoms with van der Waals surface area (Å²) in [6.07, 6.45) is -0.417. The maximum Gasteiger partial charge on any atom is 0.415 e. The number of hydrogen-bond donors (Lipinski definition) is 1. The summed E-state index contributed by atoms with van der Waals surface area (Å²) in [6.45, 7) is 1.20. The number of amides is 2. The number of cyclic esters (lactones) is 1. The van der Waals surface area contributed by atoms with Crippen LogP contribution in [0, 0.1) is 5.92 Å². The molecule has 2 heterocycles. The quantitative estimate of drug-likeness (QED) is 0.515. The second kappa shape index (κ2) is 9.99. The summed E-state index contributed by atoms with van der Waals surface area (Å²) in [5.74, 6) is -0.737. The molecule has 1 unspecified atom stereocenters. The minimum Gasteiger partial charge on any atom is -0.461 e. The van der Waals surface area contributed by atoms with Crippen LogP contribution in [0.1, 0.15) is 24.0 Å². The summed E-state index contributed by atoms with van der Waals surface area (Å²) in [6, 6.07) is 16.4. The monoisotopic (exact) mass is 467 g/mol. The normalized spacial score (nSPS) is 18.7. The molecule has 2 aromatic carbocycles. The van der Waals surface area contributed by atoms with E-state index in [4.69, 9.17) is 27.4 Å². The molecule has 0 aromatic heterocycles. The van der Waals surface area contributed by atoms with Gasteiger partial charge in [0.05, 0.1) is 12.5 Å². The predicted molar refractivity (Wildman–Crippen MR) is 125 cm³/mol. The number of anilines is 1. The van der Waals surface area contributed by atoms with Gasteiger partial charge in [0.15, 0.2) is 6.10 Å². The van der Waals surface area contributed by atoms with E-state index in [1.165, 1.54) is 4.90 Å². The molecule has 2 aromatic rings. The summed E-state index contributed by atoms with van der Waals surface area (Å²) in [4.78, 5) is 41.0. The van der Waals surface area contributed by atoms with Crippen molar-refractivity contribution in [3.05, 3.63) is 65.7 Å². The SMILES string of the molecule is NC(=S)c1ccc(N2CC(C(=O)N3CCC(C(=O)OCc4ccccc4)CC3)OC2=O)cc1. The van der Waals surface area contributed by atoms with Gasteiger partial charge < -0.3 is 20.1 Å². The zero-order valence-corrected chi connectivity index (χ0v) is 18.8. The Bertz CT molecular complexity index is 1040. The van der Waals surface area contributed by atoms with Gasteiger partial charge in [0.25, 0.3) is 5.91 Å². The molecule has 2 amide bonds. The topological polar surface area (TPSA) is 102 Å². The summed E-state index contributed by atoms with van der Waals surface area (Å²) in [5.41, 5.74) is 7.84. The molecule has 0 aliphatic carbocycles. The van der Waals surface area contributed by atoms with Gasteiger partial charge in [-0.25, -0.2) is 4.79 Å². The van der Waals surface area contributed by atoms with Crippen LogP contribution in [0.15, 0.2) is 54.6 Å². The fourth-order valence-corrected chi connectivity index (χ4v) is 4.13. The van der Waals surface area contributed by atoms with Crippen molar-refractivity contribution in [2.24, 2.45) is 11.7 Å². The molecule has 2 aliphatic heterocycles. The van der Waals surface area contributed by atoms with Gasteiger partial charge in [0, 0.05) is 24.3 Å². The molecule has 4 rings (SSSR count). The Balaban J connectivity index is 1.27. The molecule has 2 fully saturated rings. The number of carbonyl (C=O) groups is 3. The smallest absolute Gasteiger partial charge is 0.415 e. The molecule has 2 saturated heterocycles. The minimum absolute atomic E-state index is 0.128. The number of nitrogens with two attached hydrogens (primary N) is 1. The van der Waals surface area contributed by atoms with E-state index in [0.29, 0.717) is 37.2 Å². The first-order valence-corrected chi connectivity index (χ1v) is 11.2. The molecule has 0 radical (unpaired) electrons. The van der Waals surface area contributed by atoms with Crippen LogP contribution in [-0.2, 0) is 25.7 Å². The van der Waals surface area contributed by atoms with Crippen LogP contribution in [-0.4, -0.2) is 53.6 Å². The highest BCUT2D eigenvalue weighted by molar-refractivity contribution is 7.80. The van der Waals surface area contributed by atoms with Crippen molar-refractivity contribution in [1.29, 1.82) is 0 Å². The number of benzene rings is 2. The van der Waals surface area contributed by atoms with Crippen LogP contribution in [0.25, 0.3) is 0 Å². The summed E-state index contributed by atoms with van der Waals surface area (Å²) in [7, 11) is 0. The lowest BCUT2D eigenvalue weighted by atomic mass is 9.96. The summed E-state index contributed by atoms with van der Waals surface area (Å²) < 4.78 is 10.8. The Hall–Kier alpha value is -3.46. The molecule has 0 saturated carbocycles. The number of ether oxygens (including phenoxy) is 2. The van der Waals surface area contributed by atoms with E-state index in [-0.39, 0.29) is 35.9 Å². The first-order chi connectivity index (χ1) is 15.9. The maximum atomic E-state index is 12.9. The number of rotatable bonds is 6. The summed E-state index contributed by atoms with van der Waals surface area (Å²) in [5, 5.41) is 0. The largest absolute Gasteiger partial charge is 0.461 e. The van der Waals surface area contributed by atoms with Crippen LogP contribution >= 0.6 is 12.2 Å². The van der Waals surface area contributed by atoms with Gasteiger partial charge in [-0.15, -0.1) is 0 Å². The van der Waals surface area contributed by atoms with Crippen LogP contribution in [0.4, 0.5) is 10.5 Å². The Labute approximate surface area is 197 Å². The zero-order chi connectivity index (χ0) is 23.4. The average Bonchev–Trinajstić information content (AvgIpc) is 3.24. The maximum absolute atomic E-state index is 12.9. The third kappa shape index (κ3) is 5.31. The van der Waals surface area contributed by atoms with Crippen molar-refractivity contribution in [2.75, 3.05) is 24.5 Å². The lowest BCUT2D eigenvalue weighted by Gasteiger charge is -2.32. The van der Waals surface area contributed by atoms with E-state index in [0.717, 1.165) is 5.56 Å². The van der Waals surface area contributed by atoms with E-state index in [1.54, 1.807) is 29.2 Å². The van der Waals surface area contributed by atoms with E-state index in [9.17, 15) is 14.4 Å². The molecule has 33 heavy (non-hydrogen) atoms. The first-order valence-electron chi connectivity index (χ1n) is 10.8. The predicted octanol–water partition coefficient (Wildman–Crippen LogP) is 2.63. The van der Waals surface area contributed by atoms with E-state index in [1.807, 2.05) is 30.3 Å². The molecule has 1 atom stereocenters. The molecule has 0 spiro atoms. The second-order valence-electron chi connectivity index (χ2n) is 8.09. The zero-order valence-electron chi connectivity index (χ0n) is 18.0. The standard InChI is InChI=1S/C24H25N3O5S/c25-21(33)17-6-8-19(9-7-17)27-14-20(32-24(27)30)22(28)26-12-10-18(11-13-26)23(29)31-15-16-4-2-1-3-5-16/h1-9,18,20H,10-15H2,(H2,25,33). The van der Waals surface area contributed by atoms with Crippen LogP contribution in [0.3, 0.4) is 0 Å². The minimum atomic E-state index is -0.880. The fraction of sp³-hybridized carbons (Fsp3) is 0.333. The summed E-state index contributed by atoms with van der Waals surface area (Å²) >= 11 is 4.94. The molecule has 2 aliphatic rings. The van der Waals surface area contributed by atoms with Crippen LogP contribution in [0.2, 0.25) is 0 Å². The van der Waals surface area contributed by atoms with Crippen LogP contribution < -0.4 is 10.6 Å². The lowest BCUT2D eigenvalue weighted by Crippen LogP contribution is -2.46. The van der Waals surface area contributed by atoms with E-state index < -0.39 is 12.2 Å². The Morgan fingerprint density at radius 2 is 1.73 bits per heavy atom. The van der Waals surface area contributed by atoms with E-state index in [2.05, 4.69) is 0 Å². The van der Waals surface area contributed by atoms with Crippen molar-refractivity contribution < 1.29 is 23.9 Å². The number of carbonyl (C=O) groups excluding carboxylic acids is 3. The van der Waals surface area contributed by atoms with Gasteiger partial charge in [-0.05, 0) is 42.7 Å². The Morgan fingerprint density at radius 3 is 2.36 bits per heavy atom. The van der Waals surface area contributed by atoms with Crippen LogP contribution in [0.5, 0.6) is 0 Å². The fourth-order valence-electron chi connectivity index (χ4n) is 3.99. The first kappa shape index (κ1) is 22.7. The number of esters is 1. The van der Waals surface area contributed by atoms with Gasteiger partial charge in [-0.2, -0.15) is 0 Å². The Kier molecular flexibility index (Phi) is 6.88. The Morgan fingerprint density at radius 1 is 1.06 bits per heavy atom. The number of hydrogen-bond acceptors (Lipinski definition) is 6.